The van der Waals surface area contributed by atoms with Gasteiger partial charge in [0.25, 0.3) is 0 Å². The Morgan fingerprint density at radius 3 is 2.80 bits per heavy atom. The molecule has 1 aromatic rings. The van der Waals surface area contributed by atoms with E-state index in [4.69, 9.17) is 11.6 Å². The van der Waals surface area contributed by atoms with Crippen LogP contribution in [0.25, 0.3) is 0 Å². The zero-order valence-electron chi connectivity index (χ0n) is 5.03. The van der Waals surface area contributed by atoms with Gasteiger partial charge in [0.15, 0.2) is 11.4 Å². The van der Waals surface area contributed by atoms with E-state index in [0.29, 0.717) is 0 Å². The summed E-state index contributed by atoms with van der Waals surface area (Å²) in [6.07, 6.45) is 1.24. The Morgan fingerprint density at radius 2 is 2.40 bits per heavy atom. The molecule has 0 radical (unpaired) electrons. The highest BCUT2D eigenvalue weighted by atomic mass is 35.5. The molecule has 1 rings (SSSR count). The monoisotopic (exact) mass is 161 g/mol. The molecule has 4 heteroatoms. The highest BCUT2D eigenvalue weighted by Gasteiger charge is 2.02. The Bertz CT molecular complexity index is 283. The zero-order valence-corrected chi connectivity index (χ0v) is 5.78. The molecule has 0 saturated heterocycles. The van der Waals surface area contributed by atoms with Gasteiger partial charge in [-0.25, -0.2) is 0 Å². The molecule has 0 spiro atoms. The van der Waals surface area contributed by atoms with E-state index in [1.807, 2.05) is 0 Å². The van der Waals surface area contributed by atoms with Crippen LogP contribution < -0.4 is 5.43 Å². The van der Waals surface area contributed by atoms with Crippen molar-refractivity contribution in [2.75, 3.05) is 0 Å². The first-order chi connectivity index (χ1) is 4.75. The van der Waals surface area contributed by atoms with Gasteiger partial charge < -0.3 is 4.98 Å². The molecule has 0 fully saturated rings. The molecule has 54 valence electrons. The van der Waals surface area contributed by atoms with Crippen molar-refractivity contribution < 1.29 is 4.39 Å². The van der Waals surface area contributed by atoms with Crippen LogP contribution in [0.4, 0.5) is 4.39 Å². The maximum Gasteiger partial charge on any atom is 0.199 e. The lowest BCUT2D eigenvalue weighted by atomic mass is 10.3. The van der Waals surface area contributed by atoms with E-state index in [-0.39, 0.29) is 16.9 Å². The number of aromatic nitrogens is 1. The van der Waals surface area contributed by atoms with Crippen molar-refractivity contribution in [1.82, 2.24) is 4.98 Å². The molecule has 0 atom stereocenters. The molecule has 1 aromatic heterocycles. The lowest BCUT2D eigenvalue weighted by molar-refractivity contribution is 0.571. The minimum atomic E-state index is -0.650. The van der Waals surface area contributed by atoms with Crippen molar-refractivity contribution in [1.29, 1.82) is 0 Å². The second-order valence-corrected chi connectivity index (χ2v) is 2.04. The number of alkyl halides is 1. The van der Waals surface area contributed by atoms with Gasteiger partial charge in [-0.05, 0) is 0 Å². The number of nitrogens with one attached hydrogen (secondary N) is 1. The number of halogens is 2. The highest BCUT2D eigenvalue weighted by Crippen LogP contribution is 1.99. The Morgan fingerprint density at radius 1 is 1.70 bits per heavy atom. The average Bonchev–Trinajstić information content (AvgIpc) is 1.88. The van der Waals surface area contributed by atoms with E-state index >= 15 is 0 Å². The smallest absolute Gasteiger partial charge is 0.199 e. The van der Waals surface area contributed by atoms with Gasteiger partial charge in [0.2, 0.25) is 0 Å². The van der Waals surface area contributed by atoms with Crippen LogP contribution in [0, 0.1) is 5.95 Å². The van der Waals surface area contributed by atoms with Gasteiger partial charge in [-0.2, -0.15) is 4.39 Å². The summed E-state index contributed by atoms with van der Waals surface area (Å²) < 4.78 is 12.5. The second-order valence-electron chi connectivity index (χ2n) is 1.77. The van der Waals surface area contributed by atoms with Gasteiger partial charge in [-0.15, -0.1) is 11.6 Å². The third-order valence-electron chi connectivity index (χ3n) is 1.14. The van der Waals surface area contributed by atoms with Crippen molar-refractivity contribution in [3.63, 3.8) is 0 Å². The normalized spacial score (nSPS) is 9.80. The molecule has 2 nitrogen and oxygen atoms in total. The minimum absolute atomic E-state index is 0.0100. The van der Waals surface area contributed by atoms with Gasteiger partial charge in [-0.3, -0.25) is 4.79 Å². The predicted molar refractivity (Wildman–Crippen MR) is 36.6 cm³/mol. The summed E-state index contributed by atoms with van der Waals surface area (Å²) in [7, 11) is 0. The third kappa shape index (κ3) is 1.19. The first-order valence-corrected chi connectivity index (χ1v) is 3.21. The van der Waals surface area contributed by atoms with Gasteiger partial charge in [-0.1, -0.05) is 0 Å². The maximum absolute atomic E-state index is 12.5. The second kappa shape index (κ2) is 2.84. The zero-order chi connectivity index (χ0) is 7.56. The summed E-state index contributed by atoms with van der Waals surface area (Å²) in [5, 5.41) is 0. The molecule has 0 unspecified atom stereocenters. The molecule has 0 aliphatic heterocycles. The molecule has 1 heterocycles. The number of rotatable bonds is 1. The highest BCUT2D eigenvalue weighted by molar-refractivity contribution is 6.17. The fourth-order valence-corrected chi connectivity index (χ4v) is 0.860. The third-order valence-corrected chi connectivity index (χ3v) is 1.41. The number of H-pyrrole nitrogens is 1. The van der Waals surface area contributed by atoms with Crippen molar-refractivity contribution >= 4 is 11.6 Å². The van der Waals surface area contributed by atoms with Crippen molar-refractivity contribution in [2.24, 2.45) is 0 Å². The Labute approximate surface area is 61.6 Å². The number of aromatic amines is 1. The summed E-state index contributed by atoms with van der Waals surface area (Å²) in [6, 6.07) is 1.24. The molecule has 1 N–H and O–H groups in total. The van der Waals surface area contributed by atoms with E-state index in [2.05, 4.69) is 4.98 Å². The number of hydrogen-bond acceptors (Lipinski definition) is 1. The summed E-state index contributed by atoms with van der Waals surface area (Å²) >= 11 is 5.28. The van der Waals surface area contributed by atoms with E-state index in [9.17, 15) is 9.18 Å². The van der Waals surface area contributed by atoms with E-state index in [1.165, 1.54) is 12.3 Å². The Hall–Kier alpha value is -0.830. The van der Waals surface area contributed by atoms with Gasteiger partial charge >= 0.3 is 0 Å². The lowest BCUT2D eigenvalue weighted by Crippen LogP contribution is -2.09. The van der Waals surface area contributed by atoms with E-state index in [0.717, 1.165) is 0 Å². The standard InChI is InChI=1S/C6H5ClFNO/c7-3-4-5(10)1-2-9-6(4)8/h1-2H,3H2,(H,9,10). The Balaban J connectivity index is 3.31. The topological polar surface area (TPSA) is 32.9 Å². The molecular formula is C6H5ClFNO. The number of hydrogen-bond donors (Lipinski definition) is 1. The number of pyridine rings is 1. The van der Waals surface area contributed by atoms with Crippen LogP contribution in [0.5, 0.6) is 0 Å². The molecule has 0 saturated carbocycles. The maximum atomic E-state index is 12.5. The molecule has 0 aliphatic rings. The van der Waals surface area contributed by atoms with Crippen LogP contribution in [0.2, 0.25) is 0 Å². The van der Waals surface area contributed by atoms with Crippen molar-refractivity contribution in [3.8, 4) is 0 Å². The Kier molecular flexibility index (Phi) is 2.06. The van der Waals surface area contributed by atoms with Crippen LogP contribution in [0.1, 0.15) is 5.56 Å². The quantitative estimate of drug-likeness (QED) is 0.488. The fraction of sp³-hybridized carbons (Fsp3) is 0.167. The summed E-state index contributed by atoms with van der Waals surface area (Å²) in [4.78, 5) is 13.0. The van der Waals surface area contributed by atoms with Crippen LogP contribution in [0.3, 0.4) is 0 Å². The minimum Gasteiger partial charge on any atom is -0.338 e. The van der Waals surface area contributed by atoms with Gasteiger partial charge in [0.05, 0.1) is 11.4 Å². The molecule has 0 aliphatic carbocycles. The molecule has 0 amide bonds. The average molecular weight is 162 g/mol. The van der Waals surface area contributed by atoms with Gasteiger partial charge in [0, 0.05) is 12.3 Å². The largest absolute Gasteiger partial charge is 0.338 e. The van der Waals surface area contributed by atoms with Crippen LogP contribution in [-0.2, 0) is 5.88 Å². The lowest BCUT2D eigenvalue weighted by Gasteiger charge is -1.93. The van der Waals surface area contributed by atoms with Crippen molar-refractivity contribution in [2.45, 2.75) is 5.88 Å². The molecule has 0 bridgehead atoms. The first-order valence-electron chi connectivity index (χ1n) is 2.67. The van der Waals surface area contributed by atoms with Crippen molar-refractivity contribution in [3.05, 3.63) is 34.0 Å². The first kappa shape index (κ1) is 7.28. The SMILES string of the molecule is O=c1cc[nH]c(F)c1CCl. The fourth-order valence-electron chi connectivity index (χ4n) is 0.611. The predicted octanol–water partition coefficient (Wildman–Crippen LogP) is 1.25. The molecular weight excluding hydrogens is 157 g/mol. The molecule has 10 heavy (non-hydrogen) atoms. The van der Waals surface area contributed by atoms with E-state index < -0.39 is 5.95 Å². The summed E-state index contributed by atoms with van der Waals surface area (Å²) in [6.45, 7) is 0. The summed E-state index contributed by atoms with van der Waals surface area (Å²) in [5.74, 6) is -0.746. The molecule has 0 aromatic carbocycles. The van der Waals surface area contributed by atoms with Crippen LogP contribution >= 0.6 is 11.6 Å². The summed E-state index contributed by atoms with van der Waals surface area (Å²) in [5.41, 5.74) is -0.379. The van der Waals surface area contributed by atoms with E-state index in [1.54, 1.807) is 0 Å². The van der Waals surface area contributed by atoms with Gasteiger partial charge in [0.1, 0.15) is 0 Å². The van der Waals surface area contributed by atoms with Crippen LogP contribution in [-0.4, -0.2) is 4.98 Å². The van der Waals surface area contributed by atoms with Crippen LogP contribution in [0.15, 0.2) is 17.1 Å².